The monoisotopic (exact) mass is 614 g/mol. The highest BCUT2D eigenvalue weighted by atomic mass is 19.1. The summed E-state index contributed by atoms with van der Waals surface area (Å²) >= 11 is 0. The third-order valence-electron chi connectivity index (χ3n) is 7.60. The Morgan fingerprint density at radius 2 is 1.74 bits per heavy atom. The van der Waals surface area contributed by atoms with Crippen LogP contribution in [0.1, 0.15) is 11.8 Å². The predicted molar refractivity (Wildman–Crippen MR) is 177 cm³/mol. The smallest absolute Gasteiger partial charge is 0.181 e. The number of hydrogen-bond donors (Lipinski definition) is 5. The highest BCUT2D eigenvalue weighted by Gasteiger charge is 2.18. The maximum Gasteiger partial charge on any atom is 0.181 e. The predicted octanol–water partition coefficient (Wildman–Crippen LogP) is 5.84. The van der Waals surface area contributed by atoms with E-state index in [4.69, 9.17) is 4.98 Å². The third kappa shape index (κ3) is 5.99. The van der Waals surface area contributed by atoms with E-state index in [1.54, 1.807) is 24.8 Å². The fraction of sp³-hybridized carbons (Fsp3) is 0.147. The van der Waals surface area contributed by atoms with Gasteiger partial charge in [0, 0.05) is 59.6 Å². The first-order valence-electron chi connectivity index (χ1n) is 14.7. The van der Waals surface area contributed by atoms with Crippen LogP contribution in [0.2, 0.25) is 0 Å². The lowest BCUT2D eigenvalue weighted by Gasteiger charge is -2.15. The van der Waals surface area contributed by atoms with Crippen LogP contribution in [0.4, 0.5) is 15.8 Å². The number of rotatable bonds is 10. The van der Waals surface area contributed by atoms with E-state index in [0.717, 1.165) is 34.1 Å². The molecule has 5 aromatic heterocycles. The first kappa shape index (κ1) is 29.0. The Bertz CT molecular complexity index is 2140. The maximum absolute atomic E-state index is 14.7. The topological polar surface area (TPSA) is 144 Å². The average Bonchev–Trinajstić information content (AvgIpc) is 3.69. The third-order valence-corrected chi connectivity index (χ3v) is 7.60. The van der Waals surface area contributed by atoms with E-state index in [1.165, 1.54) is 12.1 Å². The molecule has 11 nitrogen and oxygen atoms in total. The van der Waals surface area contributed by atoms with E-state index < -0.39 is 6.23 Å². The minimum absolute atomic E-state index is 0.360. The molecular weight excluding hydrogens is 583 g/mol. The minimum atomic E-state index is -0.884. The van der Waals surface area contributed by atoms with Crippen LogP contribution in [0.25, 0.3) is 56.0 Å². The van der Waals surface area contributed by atoms with E-state index >= 15 is 0 Å². The number of aromatic amines is 2. The molecule has 1 atom stereocenters. The van der Waals surface area contributed by atoms with Gasteiger partial charge in [-0.3, -0.25) is 15.1 Å². The number of halogens is 1. The number of aliphatic hydroxyl groups is 1. The van der Waals surface area contributed by atoms with Crippen molar-refractivity contribution in [2.45, 2.75) is 6.23 Å². The van der Waals surface area contributed by atoms with E-state index in [2.05, 4.69) is 45.7 Å². The van der Waals surface area contributed by atoms with Crippen LogP contribution in [0.5, 0.6) is 0 Å². The second-order valence-corrected chi connectivity index (χ2v) is 11.2. The van der Waals surface area contributed by atoms with Gasteiger partial charge in [-0.15, -0.1) is 0 Å². The molecule has 0 saturated carbocycles. The van der Waals surface area contributed by atoms with Gasteiger partial charge in [0.15, 0.2) is 17.7 Å². The summed E-state index contributed by atoms with van der Waals surface area (Å²) < 4.78 is 14.7. The Hall–Kier alpha value is -5.72. The number of nitrogens with one attached hydrogen (secondary N) is 4. The number of fused-ring (bicyclic) bond motifs is 2. The number of benzene rings is 2. The maximum atomic E-state index is 14.7. The zero-order chi connectivity index (χ0) is 31.6. The van der Waals surface area contributed by atoms with Crippen molar-refractivity contribution in [3.05, 3.63) is 103 Å². The Morgan fingerprint density at radius 1 is 0.913 bits per heavy atom. The molecule has 0 aliphatic carbocycles. The largest absolute Gasteiger partial charge is 0.384 e. The summed E-state index contributed by atoms with van der Waals surface area (Å²) in [6.45, 7) is 1.49. The molecule has 230 valence electrons. The highest BCUT2D eigenvalue weighted by Crippen LogP contribution is 2.33. The summed E-state index contributed by atoms with van der Waals surface area (Å²) in [7, 11) is 3.98. The van der Waals surface area contributed by atoms with Gasteiger partial charge in [0.05, 0.1) is 28.5 Å². The van der Waals surface area contributed by atoms with Gasteiger partial charge in [0.2, 0.25) is 0 Å². The van der Waals surface area contributed by atoms with Crippen LogP contribution in [0.3, 0.4) is 0 Å². The molecule has 0 amide bonds. The average molecular weight is 615 g/mol. The molecule has 5 N–H and O–H groups in total. The van der Waals surface area contributed by atoms with Gasteiger partial charge in [-0.1, -0.05) is 30.3 Å². The van der Waals surface area contributed by atoms with E-state index in [9.17, 15) is 9.50 Å². The molecule has 0 aliphatic heterocycles. The van der Waals surface area contributed by atoms with Crippen LogP contribution < -0.4 is 10.6 Å². The number of anilines is 2. The fourth-order valence-electron chi connectivity index (χ4n) is 5.31. The number of aromatic nitrogens is 7. The van der Waals surface area contributed by atoms with Crippen molar-refractivity contribution < 1.29 is 9.50 Å². The standard InChI is InChI=1S/C34H31FN10O/c1-45(2)11-10-37-25-13-21(12-24(35)16-25)29-31-28(8-9-38-29)41-33(42-31)30-27-15-23(18-39-32(27)44-43-30)22-14-26(19-36-17-22)40-34(46)20-6-4-3-5-7-20/h3-9,12-19,34,37,40,46H,10-11H2,1-2H3,(H,41,42)(H,39,43,44). The minimum Gasteiger partial charge on any atom is -0.384 e. The van der Waals surface area contributed by atoms with Gasteiger partial charge in [0.1, 0.15) is 17.0 Å². The summed E-state index contributed by atoms with van der Waals surface area (Å²) in [4.78, 5) is 23.8. The van der Waals surface area contributed by atoms with E-state index in [-0.39, 0.29) is 5.82 Å². The van der Waals surface area contributed by atoms with Crippen molar-refractivity contribution in [3.63, 3.8) is 0 Å². The number of nitrogens with zero attached hydrogens (tertiary/aromatic N) is 6. The lowest BCUT2D eigenvalue weighted by molar-refractivity contribution is 0.208. The van der Waals surface area contributed by atoms with Gasteiger partial charge in [-0.05, 0) is 50.5 Å². The molecule has 12 heteroatoms. The number of hydrogen-bond acceptors (Lipinski definition) is 9. The molecular formula is C34H31FN10O. The summed E-state index contributed by atoms with van der Waals surface area (Å²) in [6.07, 6.45) is 5.93. The van der Waals surface area contributed by atoms with E-state index in [1.807, 2.05) is 68.7 Å². The Labute approximate surface area is 263 Å². The van der Waals surface area contributed by atoms with Gasteiger partial charge in [0.25, 0.3) is 0 Å². The molecule has 0 spiro atoms. The Kier molecular flexibility index (Phi) is 7.79. The molecule has 7 rings (SSSR count). The summed E-state index contributed by atoms with van der Waals surface area (Å²) in [5.74, 6) is 0.187. The van der Waals surface area contributed by atoms with Crippen molar-refractivity contribution in [2.24, 2.45) is 0 Å². The van der Waals surface area contributed by atoms with Gasteiger partial charge in [-0.2, -0.15) is 5.10 Å². The lowest BCUT2D eigenvalue weighted by Crippen LogP contribution is -2.20. The molecule has 2 aromatic carbocycles. The van der Waals surface area contributed by atoms with Gasteiger partial charge in [-0.25, -0.2) is 14.4 Å². The first-order chi connectivity index (χ1) is 22.4. The first-order valence-corrected chi connectivity index (χ1v) is 14.7. The van der Waals surface area contributed by atoms with E-state index in [0.29, 0.717) is 51.9 Å². The molecule has 0 bridgehead atoms. The number of pyridine rings is 3. The molecule has 7 aromatic rings. The molecule has 0 radical (unpaired) electrons. The Morgan fingerprint density at radius 3 is 2.59 bits per heavy atom. The molecule has 0 aliphatic rings. The molecule has 5 heterocycles. The number of likely N-dealkylation sites (N-methyl/N-ethyl adjacent to an activating group) is 1. The van der Waals surface area contributed by atoms with Crippen LogP contribution in [0.15, 0.2) is 91.5 Å². The van der Waals surface area contributed by atoms with Crippen molar-refractivity contribution in [1.29, 1.82) is 0 Å². The van der Waals surface area contributed by atoms with Crippen molar-refractivity contribution in [3.8, 4) is 33.9 Å². The zero-order valence-electron chi connectivity index (χ0n) is 25.2. The molecule has 46 heavy (non-hydrogen) atoms. The highest BCUT2D eigenvalue weighted by molar-refractivity contribution is 5.96. The van der Waals surface area contributed by atoms with Crippen molar-refractivity contribution in [2.75, 3.05) is 37.8 Å². The van der Waals surface area contributed by atoms with Crippen LogP contribution >= 0.6 is 0 Å². The van der Waals surface area contributed by atoms with Gasteiger partial charge < -0.3 is 25.6 Å². The van der Waals surface area contributed by atoms with Crippen LogP contribution in [-0.4, -0.2) is 72.3 Å². The summed E-state index contributed by atoms with van der Waals surface area (Å²) in [5.41, 5.74) is 7.41. The Balaban J connectivity index is 1.20. The second-order valence-electron chi connectivity index (χ2n) is 11.2. The van der Waals surface area contributed by atoms with Gasteiger partial charge >= 0.3 is 0 Å². The number of imidazole rings is 1. The van der Waals surface area contributed by atoms with Crippen molar-refractivity contribution in [1.82, 2.24) is 40.0 Å². The number of H-pyrrole nitrogens is 2. The molecule has 1 unspecified atom stereocenters. The van der Waals surface area contributed by atoms with Crippen molar-refractivity contribution >= 4 is 33.4 Å². The summed E-state index contributed by atoms with van der Waals surface area (Å²) in [6, 6.07) is 19.9. The molecule has 0 fully saturated rings. The zero-order valence-corrected chi connectivity index (χ0v) is 25.2. The quantitative estimate of drug-likeness (QED) is 0.120. The lowest BCUT2D eigenvalue weighted by atomic mass is 10.1. The number of aliphatic hydroxyl groups excluding tert-OH is 1. The fourth-order valence-corrected chi connectivity index (χ4v) is 5.31. The van der Waals surface area contributed by atoms with Crippen LogP contribution in [-0.2, 0) is 0 Å². The SMILES string of the molecule is CN(C)CCNc1cc(F)cc(-c2nccc3[nH]c(-c4[nH]nc5ncc(-c6cncc(NC(O)c7ccccc7)c6)cc45)nc23)c1. The summed E-state index contributed by atoms with van der Waals surface area (Å²) in [5, 5.41) is 25.3. The molecule has 0 saturated heterocycles. The normalized spacial score (nSPS) is 12.2. The second kappa shape index (κ2) is 12.3. The van der Waals surface area contributed by atoms with Crippen LogP contribution in [0, 0.1) is 5.82 Å².